The van der Waals surface area contributed by atoms with E-state index in [0.29, 0.717) is 18.2 Å². The zero-order valence-corrected chi connectivity index (χ0v) is 10.1. The summed E-state index contributed by atoms with van der Waals surface area (Å²) >= 11 is 0. The van der Waals surface area contributed by atoms with Gasteiger partial charge in [-0.05, 0) is 12.1 Å². The van der Waals surface area contributed by atoms with Gasteiger partial charge in [-0.1, -0.05) is 6.08 Å². The fourth-order valence-corrected chi connectivity index (χ4v) is 1.61. The topological polar surface area (TPSA) is 39.1 Å². The maximum atomic E-state index is 13.6. The molecular weight excluding hydrogens is 233 g/mol. The molecule has 1 aromatic heterocycles. The minimum absolute atomic E-state index is 0.222. The summed E-state index contributed by atoms with van der Waals surface area (Å²) in [4.78, 5) is 4.15. The molecule has 0 aliphatic carbocycles. The average Bonchev–Trinajstić information content (AvgIpc) is 2.84. The van der Waals surface area contributed by atoms with Gasteiger partial charge in [-0.15, -0.1) is 6.58 Å². The van der Waals surface area contributed by atoms with Crippen molar-refractivity contribution in [3.63, 3.8) is 0 Å². The van der Waals surface area contributed by atoms with Crippen LogP contribution in [0.2, 0.25) is 0 Å². The lowest BCUT2D eigenvalue weighted by Gasteiger charge is -2.10. The summed E-state index contributed by atoms with van der Waals surface area (Å²) in [5.41, 5.74) is 0.678. The third-order valence-electron chi connectivity index (χ3n) is 2.46. The summed E-state index contributed by atoms with van der Waals surface area (Å²) in [6, 6.07) is 4.75. The number of hydrogen-bond acceptors (Lipinski definition) is 3. The predicted molar refractivity (Wildman–Crippen MR) is 68.8 cm³/mol. The Morgan fingerprint density at radius 2 is 2.39 bits per heavy atom. The van der Waals surface area contributed by atoms with Crippen molar-refractivity contribution in [3.8, 4) is 11.4 Å². The Bertz CT molecular complexity index is 551. The van der Waals surface area contributed by atoms with E-state index in [4.69, 9.17) is 4.74 Å². The van der Waals surface area contributed by atoms with E-state index < -0.39 is 5.82 Å². The van der Waals surface area contributed by atoms with Crippen molar-refractivity contribution in [1.82, 2.24) is 9.55 Å². The zero-order chi connectivity index (χ0) is 13.0. The number of imidazole rings is 1. The quantitative estimate of drug-likeness (QED) is 0.825. The van der Waals surface area contributed by atoms with Crippen LogP contribution < -0.4 is 10.1 Å². The van der Waals surface area contributed by atoms with E-state index >= 15 is 0 Å². The summed E-state index contributed by atoms with van der Waals surface area (Å²) in [7, 11) is 1.44. The minimum atomic E-state index is -0.404. The Balaban J connectivity index is 2.33. The molecule has 0 aliphatic heterocycles. The third kappa shape index (κ3) is 2.34. The molecule has 0 unspecified atom stereocenters. The molecule has 1 N–H and O–H groups in total. The second kappa shape index (κ2) is 5.35. The van der Waals surface area contributed by atoms with E-state index in [2.05, 4.69) is 16.9 Å². The molecule has 0 bridgehead atoms. The smallest absolute Gasteiger partial charge is 0.207 e. The molecule has 0 fully saturated rings. The van der Waals surface area contributed by atoms with Crippen molar-refractivity contribution < 1.29 is 9.13 Å². The van der Waals surface area contributed by atoms with Gasteiger partial charge in [-0.2, -0.15) is 0 Å². The Morgan fingerprint density at radius 3 is 3.06 bits per heavy atom. The van der Waals surface area contributed by atoms with Crippen LogP contribution in [0, 0.1) is 5.82 Å². The molecule has 94 valence electrons. The standard InChI is InChI=1S/C13H14FN3O/c1-3-6-15-13-16-7-8-17(13)10-4-5-12(18-2)11(14)9-10/h3-5,7-9H,1,6H2,2H3,(H,15,16). The Morgan fingerprint density at radius 1 is 1.56 bits per heavy atom. The van der Waals surface area contributed by atoms with Gasteiger partial charge in [0.1, 0.15) is 0 Å². The molecule has 5 heteroatoms. The number of rotatable bonds is 5. The number of aromatic nitrogens is 2. The second-order valence-electron chi connectivity index (χ2n) is 3.61. The van der Waals surface area contributed by atoms with Gasteiger partial charge in [-0.3, -0.25) is 4.57 Å². The largest absolute Gasteiger partial charge is 0.494 e. The zero-order valence-electron chi connectivity index (χ0n) is 10.1. The SMILES string of the molecule is C=CCNc1nccn1-c1ccc(OC)c(F)c1. The summed E-state index contributed by atoms with van der Waals surface area (Å²) in [6.07, 6.45) is 5.13. The number of benzene rings is 1. The number of nitrogens with one attached hydrogen (secondary N) is 1. The highest BCUT2D eigenvalue weighted by Crippen LogP contribution is 2.22. The highest BCUT2D eigenvalue weighted by Gasteiger charge is 2.08. The first kappa shape index (κ1) is 12.2. The van der Waals surface area contributed by atoms with E-state index in [1.165, 1.54) is 13.2 Å². The first-order valence-corrected chi connectivity index (χ1v) is 5.48. The number of ether oxygens (including phenoxy) is 1. The molecule has 1 heterocycles. The van der Waals surface area contributed by atoms with Crippen LogP contribution in [0.1, 0.15) is 0 Å². The van der Waals surface area contributed by atoms with Crippen molar-refractivity contribution in [1.29, 1.82) is 0 Å². The van der Waals surface area contributed by atoms with Gasteiger partial charge in [0, 0.05) is 25.0 Å². The molecule has 0 spiro atoms. The van der Waals surface area contributed by atoms with E-state index in [0.717, 1.165) is 0 Å². The van der Waals surface area contributed by atoms with Gasteiger partial charge in [0.25, 0.3) is 0 Å². The Hall–Kier alpha value is -2.30. The molecule has 0 radical (unpaired) electrons. The third-order valence-corrected chi connectivity index (χ3v) is 2.46. The predicted octanol–water partition coefficient (Wildman–Crippen LogP) is 2.62. The summed E-state index contributed by atoms with van der Waals surface area (Å²) < 4.78 is 20.3. The molecule has 0 atom stereocenters. The molecule has 0 saturated carbocycles. The number of nitrogens with zero attached hydrogens (tertiary/aromatic N) is 2. The van der Waals surface area contributed by atoms with Crippen LogP contribution in [0.15, 0.2) is 43.2 Å². The van der Waals surface area contributed by atoms with Crippen LogP contribution in [0.25, 0.3) is 5.69 Å². The van der Waals surface area contributed by atoms with Crippen LogP contribution in [-0.2, 0) is 0 Å². The fraction of sp³-hybridized carbons (Fsp3) is 0.154. The monoisotopic (exact) mass is 247 g/mol. The van der Waals surface area contributed by atoms with Crippen molar-refractivity contribution >= 4 is 5.95 Å². The van der Waals surface area contributed by atoms with Gasteiger partial charge in [0.05, 0.1) is 12.8 Å². The maximum Gasteiger partial charge on any atom is 0.207 e. The lowest BCUT2D eigenvalue weighted by molar-refractivity contribution is 0.386. The summed E-state index contributed by atoms with van der Waals surface area (Å²) in [6.45, 7) is 4.22. The first-order chi connectivity index (χ1) is 8.76. The van der Waals surface area contributed by atoms with Gasteiger partial charge in [0.15, 0.2) is 11.6 Å². The van der Waals surface area contributed by atoms with Crippen molar-refractivity contribution in [2.24, 2.45) is 0 Å². The van der Waals surface area contributed by atoms with E-state index in [1.54, 1.807) is 35.2 Å². The number of halogens is 1. The number of anilines is 1. The fourth-order valence-electron chi connectivity index (χ4n) is 1.61. The molecule has 1 aromatic carbocycles. The van der Waals surface area contributed by atoms with Gasteiger partial charge in [-0.25, -0.2) is 9.37 Å². The van der Waals surface area contributed by atoms with Gasteiger partial charge >= 0.3 is 0 Å². The average molecular weight is 247 g/mol. The van der Waals surface area contributed by atoms with E-state index in [-0.39, 0.29) is 5.75 Å². The van der Waals surface area contributed by atoms with Crippen molar-refractivity contribution in [2.45, 2.75) is 0 Å². The van der Waals surface area contributed by atoms with E-state index in [1.807, 2.05) is 0 Å². The normalized spacial score (nSPS) is 10.1. The van der Waals surface area contributed by atoms with Crippen LogP contribution in [0.4, 0.5) is 10.3 Å². The second-order valence-corrected chi connectivity index (χ2v) is 3.61. The van der Waals surface area contributed by atoms with Crippen LogP contribution >= 0.6 is 0 Å². The van der Waals surface area contributed by atoms with Crippen LogP contribution in [0.5, 0.6) is 5.75 Å². The molecule has 2 aromatic rings. The molecule has 0 aliphatic rings. The Labute approximate surface area is 105 Å². The van der Waals surface area contributed by atoms with Gasteiger partial charge in [0.2, 0.25) is 5.95 Å². The molecular formula is C13H14FN3O. The highest BCUT2D eigenvalue weighted by molar-refractivity contribution is 5.45. The van der Waals surface area contributed by atoms with Crippen molar-refractivity contribution in [2.75, 3.05) is 19.0 Å². The maximum absolute atomic E-state index is 13.6. The first-order valence-electron chi connectivity index (χ1n) is 5.48. The summed E-state index contributed by atoms with van der Waals surface area (Å²) in [5, 5.41) is 3.07. The summed E-state index contributed by atoms with van der Waals surface area (Å²) in [5.74, 6) is 0.456. The number of methoxy groups -OCH3 is 1. The molecule has 4 nitrogen and oxygen atoms in total. The molecule has 0 saturated heterocycles. The Kier molecular flexibility index (Phi) is 3.62. The van der Waals surface area contributed by atoms with E-state index in [9.17, 15) is 4.39 Å². The lowest BCUT2D eigenvalue weighted by Crippen LogP contribution is -2.05. The van der Waals surface area contributed by atoms with Crippen molar-refractivity contribution in [3.05, 3.63) is 49.1 Å². The van der Waals surface area contributed by atoms with Crippen LogP contribution in [0.3, 0.4) is 0 Å². The van der Waals surface area contributed by atoms with Crippen LogP contribution in [-0.4, -0.2) is 23.2 Å². The number of hydrogen-bond donors (Lipinski definition) is 1. The molecule has 0 amide bonds. The molecule has 18 heavy (non-hydrogen) atoms. The minimum Gasteiger partial charge on any atom is -0.494 e. The highest BCUT2D eigenvalue weighted by atomic mass is 19.1. The molecule has 2 rings (SSSR count). The lowest BCUT2D eigenvalue weighted by atomic mass is 10.3. The van der Waals surface area contributed by atoms with Gasteiger partial charge < -0.3 is 10.1 Å².